The summed E-state index contributed by atoms with van der Waals surface area (Å²) in [6.45, 7) is 2.58. The average Bonchev–Trinajstić information content (AvgIpc) is 2.11. The zero-order chi connectivity index (χ0) is 9.68. The van der Waals surface area contributed by atoms with Crippen molar-refractivity contribution in [3.63, 3.8) is 0 Å². The standard InChI is InChI=1S/C10H12N2O/c1-9-4-5-10(13)12(8-9)7-3-2-6-11/h4-5,8H,2-3,7H2,1H3. The summed E-state index contributed by atoms with van der Waals surface area (Å²) < 4.78 is 1.65. The Kier molecular flexibility index (Phi) is 3.27. The van der Waals surface area contributed by atoms with Crippen LogP contribution in [0.2, 0.25) is 0 Å². The molecule has 1 aromatic rings. The van der Waals surface area contributed by atoms with Crippen LogP contribution in [0.5, 0.6) is 0 Å². The highest BCUT2D eigenvalue weighted by Crippen LogP contribution is 1.95. The van der Waals surface area contributed by atoms with Crippen molar-refractivity contribution in [2.75, 3.05) is 0 Å². The van der Waals surface area contributed by atoms with Crippen molar-refractivity contribution in [1.29, 1.82) is 5.26 Å². The first kappa shape index (κ1) is 9.53. The Balaban J connectivity index is 2.71. The van der Waals surface area contributed by atoms with E-state index in [1.165, 1.54) is 0 Å². The largest absolute Gasteiger partial charge is 0.315 e. The molecule has 0 atom stereocenters. The molecule has 0 radical (unpaired) electrons. The van der Waals surface area contributed by atoms with Crippen molar-refractivity contribution in [3.05, 3.63) is 34.2 Å². The molecule has 0 aliphatic rings. The number of nitriles is 1. The number of unbranched alkanes of at least 4 members (excludes halogenated alkanes) is 1. The molecular formula is C10H12N2O. The maximum atomic E-state index is 11.2. The second kappa shape index (κ2) is 4.46. The minimum Gasteiger partial charge on any atom is -0.315 e. The van der Waals surface area contributed by atoms with E-state index in [9.17, 15) is 4.79 Å². The van der Waals surface area contributed by atoms with E-state index in [4.69, 9.17) is 5.26 Å². The minimum absolute atomic E-state index is 0.00328. The molecule has 3 heteroatoms. The van der Waals surface area contributed by atoms with E-state index in [0.29, 0.717) is 13.0 Å². The maximum absolute atomic E-state index is 11.2. The lowest BCUT2D eigenvalue weighted by molar-refractivity contribution is 0.629. The number of hydrogen-bond donors (Lipinski definition) is 0. The van der Waals surface area contributed by atoms with Crippen LogP contribution in [0.1, 0.15) is 18.4 Å². The van der Waals surface area contributed by atoms with Crippen LogP contribution in [-0.2, 0) is 6.54 Å². The van der Waals surface area contributed by atoms with Gasteiger partial charge in [0.1, 0.15) is 0 Å². The predicted molar refractivity (Wildman–Crippen MR) is 50.3 cm³/mol. The van der Waals surface area contributed by atoms with Crippen LogP contribution < -0.4 is 5.56 Å². The zero-order valence-electron chi connectivity index (χ0n) is 7.66. The normalized spacial score (nSPS) is 9.54. The molecule has 0 saturated heterocycles. The van der Waals surface area contributed by atoms with E-state index < -0.39 is 0 Å². The fraction of sp³-hybridized carbons (Fsp3) is 0.400. The van der Waals surface area contributed by atoms with Crippen LogP contribution in [-0.4, -0.2) is 4.57 Å². The van der Waals surface area contributed by atoms with Gasteiger partial charge in [-0.05, 0) is 18.9 Å². The summed E-state index contributed by atoms with van der Waals surface area (Å²) in [6, 6.07) is 5.41. The van der Waals surface area contributed by atoms with Gasteiger partial charge in [0.15, 0.2) is 0 Å². The number of hydrogen-bond acceptors (Lipinski definition) is 2. The molecule has 1 rings (SSSR count). The molecule has 0 amide bonds. The zero-order valence-corrected chi connectivity index (χ0v) is 7.66. The summed E-state index contributed by atoms with van der Waals surface area (Å²) in [5.74, 6) is 0. The third kappa shape index (κ3) is 2.75. The first-order chi connectivity index (χ1) is 6.24. The van der Waals surface area contributed by atoms with E-state index in [1.807, 2.05) is 13.1 Å². The Morgan fingerprint density at radius 1 is 1.54 bits per heavy atom. The van der Waals surface area contributed by atoms with Gasteiger partial charge < -0.3 is 4.57 Å². The van der Waals surface area contributed by atoms with Crippen LogP contribution in [0, 0.1) is 18.3 Å². The van der Waals surface area contributed by atoms with Gasteiger partial charge in [0.2, 0.25) is 0 Å². The summed E-state index contributed by atoms with van der Waals surface area (Å²) in [5, 5.41) is 8.33. The molecule has 0 aromatic carbocycles. The molecule has 68 valence electrons. The first-order valence-corrected chi connectivity index (χ1v) is 4.28. The van der Waals surface area contributed by atoms with E-state index in [1.54, 1.807) is 16.7 Å². The van der Waals surface area contributed by atoms with Crippen molar-refractivity contribution in [2.24, 2.45) is 0 Å². The second-order valence-corrected chi connectivity index (χ2v) is 3.00. The van der Waals surface area contributed by atoms with Crippen LogP contribution in [0.4, 0.5) is 0 Å². The van der Waals surface area contributed by atoms with Crippen LogP contribution in [0.25, 0.3) is 0 Å². The van der Waals surface area contributed by atoms with Crippen LogP contribution in [0.15, 0.2) is 23.1 Å². The van der Waals surface area contributed by atoms with E-state index >= 15 is 0 Å². The highest BCUT2D eigenvalue weighted by molar-refractivity contribution is 5.07. The third-order valence-electron chi connectivity index (χ3n) is 1.82. The monoisotopic (exact) mass is 176 g/mol. The molecule has 0 spiro atoms. The highest BCUT2D eigenvalue weighted by Gasteiger charge is 1.94. The van der Waals surface area contributed by atoms with Crippen LogP contribution >= 0.6 is 0 Å². The second-order valence-electron chi connectivity index (χ2n) is 3.00. The number of rotatable bonds is 3. The molecule has 0 bridgehead atoms. The molecule has 0 aliphatic heterocycles. The first-order valence-electron chi connectivity index (χ1n) is 4.28. The molecule has 1 heterocycles. The Morgan fingerprint density at radius 2 is 2.31 bits per heavy atom. The Labute approximate surface area is 77.2 Å². The van der Waals surface area contributed by atoms with Gasteiger partial charge in [-0.15, -0.1) is 0 Å². The Morgan fingerprint density at radius 3 is 3.00 bits per heavy atom. The number of nitrogens with zero attached hydrogens (tertiary/aromatic N) is 2. The lowest BCUT2D eigenvalue weighted by Crippen LogP contribution is -2.18. The topological polar surface area (TPSA) is 45.8 Å². The number of pyridine rings is 1. The van der Waals surface area contributed by atoms with Gasteiger partial charge in [-0.25, -0.2) is 0 Å². The van der Waals surface area contributed by atoms with Crippen molar-refractivity contribution in [2.45, 2.75) is 26.3 Å². The fourth-order valence-corrected chi connectivity index (χ4v) is 1.15. The highest BCUT2D eigenvalue weighted by atomic mass is 16.1. The van der Waals surface area contributed by atoms with E-state index in [-0.39, 0.29) is 5.56 Å². The molecular weight excluding hydrogens is 164 g/mol. The Bertz CT molecular complexity index is 373. The van der Waals surface area contributed by atoms with Crippen molar-refractivity contribution in [1.82, 2.24) is 4.57 Å². The summed E-state index contributed by atoms with van der Waals surface area (Å²) >= 11 is 0. The average molecular weight is 176 g/mol. The van der Waals surface area contributed by atoms with E-state index in [0.717, 1.165) is 12.0 Å². The summed E-state index contributed by atoms with van der Waals surface area (Å²) in [4.78, 5) is 11.2. The molecule has 0 aliphatic carbocycles. The quantitative estimate of drug-likeness (QED) is 0.654. The molecule has 0 N–H and O–H groups in total. The molecule has 0 fully saturated rings. The third-order valence-corrected chi connectivity index (χ3v) is 1.82. The summed E-state index contributed by atoms with van der Waals surface area (Å²) in [6.07, 6.45) is 3.06. The van der Waals surface area contributed by atoms with Gasteiger partial charge in [-0.1, -0.05) is 6.07 Å². The summed E-state index contributed by atoms with van der Waals surface area (Å²) in [7, 11) is 0. The minimum atomic E-state index is 0.00328. The molecule has 0 saturated carbocycles. The predicted octanol–water partition coefficient (Wildman–Crippen LogP) is 1.46. The summed E-state index contributed by atoms with van der Waals surface area (Å²) in [5.41, 5.74) is 1.07. The van der Waals surface area contributed by atoms with Gasteiger partial charge in [-0.2, -0.15) is 5.26 Å². The Hall–Kier alpha value is -1.56. The van der Waals surface area contributed by atoms with Crippen molar-refractivity contribution in [3.8, 4) is 6.07 Å². The van der Waals surface area contributed by atoms with Gasteiger partial charge in [0.05, 0.1) is 6.07 Å². The smallest absolute Gasteiger partial charge is 0.250 e. The lowest BCUT2D eigenvalue weighted by Gasteiger charge is -2.03. The maximum Gasteiger partial charge on any atom is 0.250 e. The SMILES string of the molecule is Cc1ccc(=O)n(CCCC#N)c1. The van der Waals surface area contributed by atoms with Crippen molar-refractivity contribution >= 4 is 0 Å². The lowest BCUT2D eigenvalue weighted by atomic mass is 10.3. The van der Waals surface area contributed by atoms with Gasteiger partial charge >= 0.3 is 0 Å². The molecule has 3 nitrogen and oxygen atoms in total. The van der Waals surface area contributed by atoms with Gasteiger partial charge in [0, 0.05) is 25.2 Å². The fourth-order valence-electron chi connectivity index (χ4n) is 1.15. The van der Waals surface area contributed by atoms with Gasteiger partial charge in [-0.3, -0.25) is 4.79 Å². The van der Waals surface area contributed by atoms with Crippen LogP contribution in [0.3, 0.4) is 0 Å². The number of aromatic nitrogens is 1. The molecule has 13 heavy (non-hydrogen) atoms. The molecule has 0 unspecified atom stereocenters. The number of aryl methyl sites for hydroxylation is 2. The molecule has 1 aromatic heterocycles. The van der Waals surface area contributed by atoms with Crippen molar-refractivity contribution < 1.29 is 0 Å². The van der Waals surface area contributed by atoms with Gasteiger partial charge in [0.25, 0.3) is 5.56 Å². The van der Waals surface area contributed by atoms with E-state index in [2.05, 4.69) is 6.07 Å².